The second kappa shape index (κ2) is 5.87. The van der Waals surface area contributed by atoms with Crippen molar-refractivity contribution in [2.24, 2.45) is 0 Å². The van der Waals surface area contributed by atoms with Crippen LogP contribution in [0.5, 0.6) is 11.5 Å². The van der Waals surface area contributed by atoms with Gasteiger partial charge in [-0.15, -0.1) is 0 Å². The van der Waals surface area contributed by atoms with E-state index >= 15 is 0 Å². The van der Waals surface area contributed by atoms with Crippen molar-refractivity contribution in [2.45, 2.75) is 26.2 Å². The summed E-state index contributed by atoms with van der Waals surface area (Å²) in [6, 6.07) is 5.75. The zero-order valence-corrected chi connectivity index (χ0v) is 11.8. The number of hydrogen-bond acceptors (Lipinski definition) is 4. The van der Waals surface area contributed by atoms with Gasteiger partial charge in [0.05, 0.1) is 6.20 Å². The molecule has 1 aliphatic rings. The number of fused-ring (bicyclic) bond motifs is 1. The van der Waals surface area contributed by atoms with Crippen molar-refractivity contribution < 1.29 is 14.3 Å². The number of hydrogen-bond donors (Lipinski definition) is 2. The predicted octanol–water partition coefficient (Wildman–Crippen LogP) is 2.27. The summed E-state index contributed by atoms with van der Waals surface area (Å²) >= 11 is 0. The molecule has 0 radical (unpaired) electrons. The molecular weight excluding hydrogens is 270 g/mol. The highest BCUT2D eigenvalue weighted by Gasteiger charge is 2.14. The minimum Gasteiger partial charge on any atom is -0.454 e. The molecule has 6 nitrogen and oxygen atoms in total. The average molecular weight is 287 g/mol. The van der Waals surface area contributed by atoms with E-state index in [1.165, 1.54) is 0 Å². The van der Waals surface area contributed by atoms with Crippen LogP contribution < -0.4 is 14.8 Å². The zero-order valence-electron chi connectivity index (χ0n) is 11.8. The number of aryl methyl sites for hydroxylation is 2. The fourth-order valence-corrected chi connectivity index (χ4v) is 2.24. The number of benzene rings is 1. The van der Waals surface area contributed by atoms with Crippen LogP contribution in [0.2, 0.25) is 0 Å². The lowest BCUT2D eigenvalue weighted by atomic mass is 10.1. The van der Waals surface area contributed by atoms with Gasteiger partial charge in [0, 0.05) is 12.0 Å². The summed E-state index contributed by atoms with van der Waals surface area (Å²) in [6.07, 6.45) is 3.61. The number of rotatable bonds is 5. The lowest BCUT2D eigenvalue weighted by Gasteiger charge is -2.05. The number of ether oxygens (including phenoxy) is 2. The third-order valence-corrected chi connectivity index (χ3v) is 3.44. The predicted molar refractivity (Wildman–Crippen MR) is 77.5 cm³/mol. The molecule has 21 heavy (non-hydrogen) atoms. The standard InChI is InChI=1S/C15H17N3O3/c1-2-11-8-16-18-15(11)17-14(19)6-4-10-3-5-12-13(7-10)21-9-20-12/h3,5,7-8H,2,4,6,9H2,1H3,(H2,16,17,18,19). The van der Waals surface area contributed by atoms with Gasteiger partial charge < -0.3 is 14.8 Å². The topological polar surface area (TPSA) is 76.2 Å². The van der Waals surface area contributed by atoms with Gasteiger partial charge in [0.15, 0.2) is 11.5 Å². The number of anilines is 1. The van der Waals surface area contributed by atoms with Crippen molar-refractivity contribution in [3.63, 3.8) is 0 Å². The first-order valence-electron chi connectivity index (χ1n) is 6.97. The number of nitrogens with zero attached hydrogens (tertiary/aromatic N) is 1. The van der Waals surface area contributed by atoms with Crippen LogP contribution in [0.3, 0.4) is 0 Å². The van der Waals surface area contributed by atoms with Gasteiger partial charge in [-0.1, -0.05) is 13.0 Å². The molecule has 0 saturated heterocycles. The lowest BCUT2D eigenvalue weighted by molar-refractivity contribution is -0.116. The van der Waals surface area contributed by atoms with E-state index in [-0.39, 0.29) is 12.7 Å². The van der Waals surface area contributed by atoms with E-state index < -0.39 is 0 Å². The van der Waals surface area contributed by atoms with E-state index in [9.17, 15) is 4.79 Å². The Morgan fingerprint density at radius 3 is 3.10 bits per heavy atom. The van der Waals surface area contributed by atoms with Gasteiger partial charge >= 0.3 is 0 Å². The lowest BCUT2D eigenvalue weighted by Crippen LogP contribution is -2.13. The smallest absolute Gasteiger partial charge is 0.231 e. The summed E-state index contributed by atoms with van der Waals surface area (Å²) in [5, 5.41) is 9.59. The van der Waals surface area contributed by atoms with Crippen LogP contribution in [0.4, 0.5) is 5.82 Å². The normalized spacial score (nSPS) is 12.4. The minimum absolute atomic E-state index is 0.0355. The van der Waals surface area contributed by atoms with Gasteiger partial charge in [0.25, 0.3) is 0 Å². The highest BCUT2D eigenvalue weighted by atomic mass is 16.7. The second-order valence-electron chi connectivity index (χ2n) is 4.86. The number of amides is 1. The van der Waals surface area contributed by atoms with Crippen LogP contribution in [0.15, 0.2) is 24.4 Å². The first-order valence-corrected chi connectivity index (χ1v) is 6.97. The number of carbonyl (C=O) groups excluding carboxylic acids is 1. The summed E-state index contributed by atoms with van der Waals surface area (Å²) in [4.78, 5) is 12.0. The molecule has 1 amide bonds. The molecule has 0 saturated carbocycles. The van der Waals surface area contributed by atoms with Crippen LogP contribution in [0.1, 0.15) is 24.5 Å². The average Bonchev–Trinajstić information content (AvgIpc) is 3.12. The molecule has 0 fully saturated rings. The minimum atomic E-state index is -0.0355. The molecule has 2 heterocycles. The van der Waals surface area contributed by atoms with Crippen molar-refractivity contribution in [1.29, 1.82) is 0 Å². The summed E-state index contributed by atoms with van der Waals surface area (Å²) < 4.78 is 10.6. The molecule has 1 aliphatic heterocycles. The Morgan fingerprint density at radius 2 is 2.24 bits per heavy atom. The van der Waals surface area contributed by atoms with Crippen LogP contribution in [-0.4, -0.2) is 22.9 Å². The van der Waals surface area contributed by atoms with Gasteiger partial charge in [-0.05, 0) is 30.5 Å². The molecular formula is C15H17N3O3. The number of aromatic amines is 1. The number of nitrogens with one attached hydrogen (secondary N) is 2. The number of H-pyrrole nitrogens is 1. The zero-order chi connectivity index (χ0) is 14.7. The van der Waals surface area contributed by atoms with Gasteiger partial charge in [-0.25, -0.2) is 0 Å². The van der Waals surface area contributed by atoms with Crippen LogP contribution in [-0.2, 0) is 17.6 Å². The fourth-order valence-electron chi connectivity index (χ4n) is 2.24. The molecule has 0 unspecified atom stereocenters. The van der Waals surface area contributed by atoms with Crippen LogP contribution in [0.25, 0.3) is 0 Å². The Labute approximate surface area is 122 Å². The maximum atomic E-state index is 12.0. The van der Waals surface area contributed by atoms with Gasteiger partial charge in [-0.3, -0.25) is 9.89 Å². The monoisotopic (exact) mass is 287 g/mol. The summed E-state index contributed by atoms with van der Waals surface area (Å²) in [7, 11) is 0. The molecule has 6 heteroatoms. The molecule has 0 spiro atoms. The molecule has 0 atom stereocenters. The Bertz CT molecular complexity index is 651. The van der Waals surface area contributed by atoms with Gasteiger partial charge in [0.2, 0.25) is 12.7 Å². The Balaban J connectivity index is 1.56. The molecule has 2 aromatic rings. The quantitative estimate of drug-likeness (QED) is 0.884. The number of aromatic nitrogens is 2. The second-order valence-corrected chi connectivity index (χ2v) is 4.86. The highest BCUT2D eigenvalue weighted by Crippen LogP contribution is 2.32. The van der Waals surface area contributed by atoms with E-state index in [0.717, 1.165) is 29.0 Å². The van der Waals surface area contributed by atoms with Crippen molar-refractivity contribution in [3.05, 3.63) is 35.5 Å². The van der Waals surface area contributed by atoms with E-state index in [0.29, 0.717) is 18.7 Å². The fraction of sp³-hybridized carbons (Fsp3) is 0.333. The third-order valence-electron chi connectivity index (χ3n) is 3.44. The van der Waals surface area contributed by atoms with Gasteiger partial charge in [-0.2, -0.15) is 5.10 Å². The Hall–Kier alpha value is -2.50. The van der Waals surface area contributed by atoms with E-state index in [2.05, 4.69) is 15.5 Å². The maximum Gasteiger partial charge on any atom is 0.231 e. The van der Waals surface area contributed by atoms with Crippen LogP contribution in [0, 0.1) is 0 Å². The van der Waals surface area contributed by atoms with E-state index in [1.54, 1.807) is 6.20 Å². The Kier molecular flexibility index (Phi) is 3.77. The van der Waals surface area contributed by atoms with E-state index in [1.807, 2.05) is 25.1 Å². The number of carbonyl (C=O) groups is 1. The van der Waals surface area contributed by atoms with Crippen molar-refractivity contribution in [1.82, 2.24) is 10.2 Å². The molecule has 2 N–H and O–H groups in total. The Morgan fingerprint density at radius 1 is 1.38 bits per heavy atom. The maximum absolute atomic E-state index is 12.0. The molecule has 0 bridgehead atoms. The van der Waals surface area contributed by atoms with Crippen molar-refractivity contribution >= 4 is 11.7 Å². The van der Waals surface area contributed by atoms with Crippen molar-refractivity contribution in [2.75, 3.05) is 12.1 Å². The largest absolute Gasteiger partial charge is 0.454 e. The first kappa shape index (κ1) is 13.5. The molecule has 1 aromatic carbocycles. The molecule has 1 aromatic heterocycles. The van der Waals surface area contributed by atoms with Gasteiger partial charge in [0.1, 0.15) is 5.82 Å². The van der Waals surface area contributed by atoms with Crippen molar-refractivity contribution in [3.8, 4) is 11.5 Å². The summed E-state index contributed by atoms with van der Waals surface area (Å²) in [6.45, 7) is 2.28. The SMILES string of the molecule is CCc1cn[nH]c1NC(=O)CCc1ccc2c(c1)OCO2. The molecule has 3 rings (SSSR count). The first-order chi connectivity index (χ1) is 10.3. The highest BCUT2D eigenvalue weighted by molar-refractivity contribution is 5.90. The summed E-state index contributed by atoms with van der Waals surface area (Å²) in [5.41, 5.74) is 2.06. The van der Waals surface area contributed by atoms with Crippen LogP contribution >= 0.6 is 0 Å². The third kappa shape index (κ3) is 2.99. The van der Waals surface area contributed by atoms with E-state index in [4.69, 9.17) is 9.47 Å². The molecule has 0 aliphatic carbocycles. The molecule has 110 valence electrons. The summed E-state index contributed by atoms with van der Waals surface area (Å²) in [5.74, 6) is 2.16.